The number of sulfonamides is 1. The zero-order chi connectivity index (χ0) is 22.7. The SMILES string of the molecule is O=C(NO)C1(S(=O)(=O)N2CCC(Oc3ccc(OC(F)(F)F)cc3)CC2)CCSCC1. The fourth-order valence-electron chi connectivity index (χ4n) is 3.75. The Morgan fingerprint density at radius 2 is 1.68 bits per heavy atom. The van der Waals surface area contributed by atoms with E-state index in [1.54, 1.807) is 11.8 Å². The largest absolute Gasteiger partial charge is 0.573 e. The number of hydrogen-bond acceptors (Lipinski definition) is 7. The van der Waals surface area contributed by atoms with Gasteiger partial charge < -0.3 is 9.47 Å². The van der Waals surface area contributed by atoms with Gasteiger partial charge in [0.2, 0.25) is 10.0 Å². The highest BCUT2D eigenvalue weighted by atomic mass is 32.2. The van der Waals surface area contributed by atoms with E-state index in [0.29, 0.717) is 30.1 Å². The molecule has 2 fully saturated rings. The van der Waals surface area contributed by atoms with Gasteiger partial charge in [0.1, 0.15) is 17.6 Å². The fraction of sp³-hybridized carbons (Fsp3) is 0.611. The molecule has 174 valence electrons. The molecular weight excluding hydrogens is 461 g/mol. The number of rotatable bonds is 6. The number of hydrogen-bond donors (Lipinski definition) is 2. The lowest BCUT2D eigenvalue weighted by molar-refractivity contribution is -0.274. The Kier molecular flexibility index (Phi) is 7.28. The Morgan fingerprint density at radius 1 is 1.13 bits per heavy atom. The Hall–Kier alpha value is -1.70. The molecule has 1 amide bonds. The highest BCUT2D eigenvalue weighted by Crippen LogP contribution is 2.37. The van der Waals surface area contributed by atoms with Gasteiger partial charge in [0.05, 0.1) is 0 Å². The Morgan fingerprint density at radius 3 is 2.19 bits per heavy atom. The molecule has 0 unspecified atom stereocenters. The molecule has 0 atom stereocenters. The van der Waals surface area contributed by atoms with Crippen LogP contribution in [-0.2, 0) is 14.8 Å². The molecule has 2 saturated heterocycles. The second-order valence-electron chi connectivity index (χ2n) is 7.29. The summed E-state index contributed by atoms with van der Waals surface area (Å²) in [5.41, 5.74) is 1.52. The number of benzene rings is 1. The van der Waals surface area contributed by atoms with Gasteiger partial charge in [-0.2, -0.15) is 11.8 Å². The number of amides is 1. The maximum absolute atomic E-state index is 13.3. The average Bonchev–Trinajstić information content (AvgIpc) is 2.74. The van der Waals surface area contributed by atoms with Crippen LogP contribution in [0.15, 0.2) is 24.3 Å². The quantitative estimate of drug-likeness (QED) is 0.472. The first-order valence-electron chi connectivity index (χ1n) is 9.62. The lowest BCUT2D eigenvalue weighted by Crippen LogP contribution is -2.60. The minimum atomic E-state index is -4.78. The molecule has 2 aliphatic rings. The monoisotopic (exact) mass is 484 g/mol. The van der Waals surface area contributed by atoms with Crippen LogP contribution in [0.25, 0.3) is 0 Å². The van der Waals surface area contributed by atoms with Crippen molar-refractivity contribution < 1.29 is 41.1 Å². The average molecular weight is 485 g/mol. The van der Waals surface area contributed by atoms with Gasteiger partial charge in [0.25, 0.3) is 5.91 Å². The number of alkyl halides is 3. The van der Waals surface area contributed by atoms with Gasteiger partial charge in [0, 0.05) is 13.1 Å². The van der Waals surface area contributed by atoms with Gasteiger partial charge in [-0.3, -0.25) is 10.0 Å². The van der Waals surface area contributed by atoms with Crippen molar-refractivity contribution in [1.82, 2.24) is 9.79 Å². The third-order valence-electron chi connectivity index (χ3n) is 5.41. The molecule has 0 aliphatic carbocycles. The molecule has 2 heterocycles. The van der Waals surface area contributed by atoms with Crippen molar-refractivity contribution in [2.24, 2.45) is 0 Å². The number of carbonyl (C=O) groups is 1. The van der Waals surface area contributed by atoms with Crippen molar-refractivity contribution in [3.05, 3.63) is 24.3 Å². The molecule has 1 aromatic carbocycles. The molecule has 2 N–H and O–H groups in total. The van der Waals surface area contributed by atoms with Gasteiger partial charge in [-0.15, -0.1) is 13.2 Å². The molecule has 31 heavy (non-hydrogen) atoms. The molecule has 0 spiro atoms. The minimum Gasteiger partial charge on any atom is -0.490 e. The summed E-state index contributed by atoms with van der Waals surface area (Å²) in [4.78, 5) is 12.3. The molecular formula is C18H23F3N2O6S2. The molecule has 3 rings (SSSR count). The molecule has 0 saturated carbocycles. The number of thioether (sulfide) groups is 1. The van der Waals surface area contributed by atoms with E-state index >= 15 is 0 Å². The van der Waals surface area contributed by atoms with E-state index < -0.39 is 27.0 Å². The molecule has 0 aromatic heterocycles. The number of halogens is 3. The van der Waals surface area contributed by atoms with Crippen LogP contribution in [-0.4, -0.2) is 65.6 Å². The van der Waals surface area contributed by atoms with Crippen LogP contribution >= 0.6 is 11.8 Å². The molecule has 2 aliphatic heterocycles. The standard InChI is InChI=1S/C18H23F3N2O6S2/c19-18(20,21)29-15-3-1-13(2-4-15)28-14-5-9-23(10-6-14)31(26,27)17(16(24)22-25)7-11-30-12-8-17/h1-4,14,25H,5-12H2,(H,22,24). The van der Waals surface area contributed by atoms with E-state index in [4.69, 9.17) is 9.94 Å². The first kappa shape index (κ1) is 24.0. The van der Waals surface area contributed by atoms with E-state index in [1.165, 1.54) is 21.9 Å². The van der Waals surface area contributed by atoms with Gasteiger partial charge in [-0.1, -0.05) is 0 Å². The highest BCUT2D eigenvalue weighted by molar-refractivity contribution is 7.99. The summed E-state index contributed by atoms with van der Waals surface area (Å²) in [5.74, 6) is 0.0723. The summed E-state index contributed by atoms with van der Waals surface area (Å²) < 4.78 is 72.4. The number of ether oxygens (including phenoxy) is 2. The minimum absolute atomic E-state index is 0.120. The van der Waals surface area contributed by atoms with Crippen molar-refractivity contribution in [1.29, 1.82) is 0 Å². The first-order chi connectivity index (χ1) is 14.6. The van der Waals surface area contributed by atoms with Gasteiger partial charge >= 0.3 is 6.36 Å². The second kappa shape index (κ2) is 9.43. The van der Waals surface area contributed by atoms with E-state index in [0.717, 1.165) is 12.1 Å². The third-order valence-corrected chi connectivity index (χ3v) is 9.02. The molecule has 0 radical (unpaired) electrons. The third kappa shape index (κ3) is 5.38. The van der Waals surface area contributed by atoms with Crippen molar-refractivity contribution in [2.45, 2.75) is 42.9 Å². The molecule has 1 aromatic rings. The Balaban J connectivity index is 1.61. The topological polar surface area (TPSA) is 105 Å². The van der Waals surface area contributed by atoms with Crippen LogP contribution in [0.5, 0.6) is 11.5 Å². The van der Waals surface area contributed by atoms with E-state index in [-0.39, 0.29) is 37.8 Å². The predicted octanol–water partition coefficient (Wildman–Crippen LogP) is 2.53. The van der Waals surface area contributed by atoms with Gasteiger partial charge in [0.15, 0.2) is 4.75 Å². The smallest absolute Gasteiger partial charge is 0.490 e. The lowest BCUT2D eigenvalue weighted by atomic mass is 10.0. The van der Waals surface area contributed by atoms with Gasteiger partial charge in [-0.05, 0) is 61.5 Å². The number of carbonyl (C=O) groups excluding carboxylic acids is 1. The van der Waals surface area contributed by atoms with E-state index in [2.05, 4.69) is 4.74 Å². The lowest BCUT2D eigenvalue weighted by Gasteiger charge is -2.40. The van der Waals surface area contributed by atoms with Crippen molar-refractivity contribution in [2.75, 3.05) is 24.6 Å². The van der Waals surface area contributed by atoms with E-state index in [1.807, 2.05) is 0 Å². The summed E-state index contributed by atoms with van der Waals surface area (Å²) in [6.07, 6.45) is -4.16. The maximum atomic E-state index is 13.3. The summed E-state index contributed by atoms with van der Waals surface area (Å²) in [7, 11) is -4.01. The Bertz CT molecular complexity index is 865. The molecule has 8 nitrogen and oxygen atoms in total. The predicted molar refractivity (Wildman–Crippen MR) is 106 cm³/mol. The first-order valence-corrected chi connectivity index (χ1v) is 12.2. The van der Waals surface area contributed by atoms with Crippen molar-refractivity contribution >= 4 is 27.7 Å². The number of hydroxylamine groups is 1. The van der Waals surface area contributed by atoms with Crippen molar-refractivity contribution in [3.63, 3.8) is 0 Å². The van der Waals surface area contributed by atoms with Crippen LogP contribution in [0.4, 0.5) is 13.2 Å². The van der Waals surface area contributed by atoms with Crippen LogP contribution in [0.3, 0.4) is 0 Å². The fourth-order valence-corrected chi connectivity index (χ4v) is 7.39. The van der Waals surface area contributed by atoms with Crippen LogP contribution in [0, 0.1) is 0 Å². The highest BCUT2D eigenvalue weighted by Gasteiger charge is 2.54. The number of nitrogens with one attached hydrogen (secondary N) is 1. The van der Waals surface area contributed by atoms with Gasteiger partial charge in [-0.25, -0.2) is 18.2 Å². The Labute approximate surface area is 182 Å². The van der Waals surface area contributed by atoms with Crippen LogP contribution in [0.1, 0.15) is 25.7 Å². The van der Waals surface area contributed by atoms with Crippen LogP contribution in [0.2, 0.25) is 0 Å². The zero-order valence-electron chi connectivity index (χ0n) is 16.4. The molecule has 0 bridgehead atoms. The normalized spacial score (nSPS) is 20.8. The number of nitrogens with zero attached hydrogens (tertiary/aromatic N) is 1. The maximum Gasteiger partial charge on any atom is 0.573 e. The summed E-state index contributed by atoms with van der Waals surface area (Å²) in [5, 5.41) is 9.12. The zero-order valence-corrected chi connectivity index (χ0v) is 18.1. The summed E-state index contributed by atoms with van der Waals surface area (Å²) in [6, 6.07) is 4.98. The summed E-state index contributed by atoms with van der Waals surface area (Å²) in [6.45, 7) is 0.270. The second-order valence-corrected chi connectivity index (χ2v) is 10.8. The van der Waals surface area contributed by atoms with Crippen molar-refractivity contribution in [3.8, 4) is 11.5 Å². The molecule has 13 heteroatoms. The summed E-state index contributed by atoms with van der Waals surface area (Å²) >= 11 is 1.56. The van der Waals surface area contributed by atoms with Crippen LogP contribution < -0.4 is 15.0 Å². The van der Waals surface area contributed by atoms with E-state index in [9.17, 15) is 26.4 Å². The number of piperidine rings is 1.